The van der Waals surface area contributed by atoms with Crippen LogP contribution in [-0.2, 0) is 13.1 Å². The zero-order chi connectivity index (χ0) is 13.2. The highest BCUT2D eigenvalue weighted by molar-refractivity contribution is 6.31. The molecule has 3 nitrogen and oxygen atoms in total. The van der Waals surface area contributed by atoms with Crippen molar-refractivity contribution in [3.63, 3.8) is 0 Å². The molecule has 3 rings (SSSR count). The zero-order valence-electron chi connectivity index (χ0n) is 11.3. The van der Waals surface area contributed by atoms with Crippen molar-refractivity contribution >= 4 is 22.6 Å². The van der Waals surface area contributed by atoms with Crippen LogP contribution in [0.3, 0.4) is 0 Å². The van der Waals surface area contributed by atoms with E-state index in [-0.39, 0.29) is 0 Å². The molecule has 0 spiro atoms. The van der Waals surface area contributed by atoms with Crippen molar-refractivity contribution in [3.05, 3.63) is 29.0 Å². The van der Waals surface area contributed by atoms with Crippen molar-refractivity contribution in [2.45, 2.75) is 51.7 Å². The Morgan fingerprint density at radius 3 is 2.89 bits per heavy atom. The van der Waals surface area contributed by atoms with E-state index in [1.165, 1.54) is 25.7 Å². The fraction of sp³-hybridized carbons (Fsp3) is 0.533. The van der Waals surface area contributed by atoms with Crippen molar-refractivity contribution in [1.82, 2.24) is 14.9 Å². The lowest BCUT2D eigenvalue weighted by atomic mass is 10.2. The molecule has 1 saturated carbocycles. The fourth-order valence-electron chi connectivity index (χ4n) is 3.00. The van der Waals surface area contributed by atoms with Gasteiger partial charge in [-0.15, -0.1) is 0 Å². The van der Waals surface area contributed by atoms with Crippen LogP contribution in [0.2, 0.25) is 5.02 Å². The molecule has 0 unspecified atom stereocenters. The molecular weight excluding hydrogens is 258 g/mol. The molecule has 2 aromatic rings. The van der Waals surface area contributed by atoms with E-state index in [0.29, 0.717) is 6.04 Å². The standard InChI is InChI=1S/C15H20ClN3/c1-2-19-14-9-11(16)7-8-13(14)18-15(19)10-17-12-5-3-4-6-12/h7-9,12,17H,2-6,10H2,1H3. The summed E-state index contributed by atoms with van der Waals surface area (Å²) in [6.45, 7) is 3.93. The molecule has 1 fully saturated rings. The Morgan fingerprint density at radius 2 is 2.16 bits per heavy atom. The van der Waals surface area contributed by atoms with Gasteiger partial charge in [-0.25, -0.2) is 4.98 Å². The maximum atomic E-state index is 6.08. The van der Waals surface area contributed by atoms with E-state index >= 15 is 0 Å². The number of rotatable bonds is 4. The molecule has 0 amide bonds. The van der Waals surface area contributed by atoms with Gasteiger partial charge < -0.3 is 9.88 Å². The molecule has 4 heteroatoms. The number of aromatic nitrogens is 2. The molecule has 1 N–H and O–H groups in total. The summed E-state index contributed by atoms with van der Waals surface area (Å²) in [6, 6.07) is 6.59. The first-order valence-corrected chi connectivity index (χ1v) is 7.54. The van der Waals surface area contributed by atoms with Crippen LogP contribution in [0, 0.1) is 0 Å². The van der Waals surface area contributed by atoms with Crippen LogP contribution >= 0.6 is 11.6 Å². The van der Waals surface area contributed by atoms with Crippen molar-refractivity contribution in [2.24, 2.45) is 0 Å². The van der Waals surface area contributed by atoms with Crippen LogP contribution in [0.1, 0.15) is 38.4 Å². The molecule has 0 atom stereocenters. The van der Waals surface area contributed by atoms with Gasteiger partial charge in [-0.3, -0.25) is 0 Å². The molecule has 0 bridgehead atoms. The third-order valence-electron chi connectivity index (χ3n) is 4.01. The highest BCUT2D eigenvalue weighted by atomic mass is 35.5. The molecule has 1 aliphatic rings. The van der Waals surface area contributed by atoms with Gasteiger partial charge in [0.15, 0.2) is 0 Å². The Morgan fingerprint density at radius 1 is 1.37 bits per heavy atom. The lowest BCUT2D eigenvalue weighted by Crippen LogP contribution is -2.26. The van der Waals surface area contributed by atoms with Gasteiger partial charge in [-0.1, -0.05) is 24.4 Å². The zero-order valence-corrected chi connectivity index (χ0v) is 12.1. The van der Waals surface area contributed by atoms with Crippen LogP contribution in [0.5, 0.6) is 0 Å². The molecule has 1 aromatic carbocycles. The maximum Gasteiger partial charge on any atom is 0.123 e. The largest absolute Gasteiger partial charge is 0.327 e. The average Bonchev–Trinajstić information content (AvgIpc) is 3.02. The highest BCUT2D eigenvalue weighted by Gasteiger charge is 2.16. The first-order valence-electron chi connectivity index (χ1n) is 7.16. The number of halogens is 1. The molecule has 0 saturated heterocycles. The Labute approximate surface area is 119 Å². The monoisotopic (exact) mass is 277 g/mol. The van der Waals surface area contributed by atoms with Crippen LogP contribution in [0.25, 0.3) is 11.0 Å². The van der Waals surface area contributed by atoms with Gasteiger partial charge in [0, 0.05) is 17.6 Å². The molecule has 0 aliphatic heterocycles. The van der Waals surface area contributed by atoms with Gasteiger partial charge in [0.25, 0.3) is 0 Å². The average molecular weight is 278 g/mol. The normalized spacial score (nSPS) is 16.5. The Balaban J connectivity index is 1.85. The molecule has 0 radical (unpaired) electrons. The van der Waals surface area contributed by atoms with E-state index in [0.717, 1.165) is 35.0 Å². The Kier molecular flexibility index (Phi) is 3.76. The van der Waals surface area contributed by atoms with E-state index in [1.54, 1.807) is 0 Å². The quantitative estimate of drug-likeness (QED) is 0.923. The molecular formula is C15H20ClN3. The molecule has 1 heterocycles. The van der Waals surface area contributed by atoms with Crippen LogP contribution in [-0.4, -0.2) is 15.6 Å². The molecule has 102 valence electrons. The number of nitrogens with zero attached hydrogens (tertiary/aromatic N) is 2. The first-order chi connectivity index (χ1) is 9.28. The second kappa shape index (κ2) is 5.51. The van der Waals surface area contributed by atoms with Gasteiger partial charge in [-0.05, 0) is 38.0 Å². The lowest BCUT2D eigenvalue weighted by Gasteiger charge is -2.12. The molecule has 1 aliphatic carbocycles. The van der Waals surface area contributed by atoms with Crippen molar-refractivity contribution in [2.75, 3.05) is 0 Å². The van der Waals surface area contributed by atoms with Crippen molar-refractivity contribution < 1.29 is 0 Å². The number of hydrogen-bond donors (Lipinski definition) is 1. The van der Waals surface area contributed by atoms with E-state index in [9.17, 15) is 0 Å². The van der Waals surface area contributed by atoms with Gasteiger partial charge in [-0.2, -0.15) is 0 Å². The number of imidazole rings is 1. The van der Waals surface area contributed by atoms with E-state index in [4.69, 9.17) is 16.6 Å². The van der Waals surface area contributed by atoms with Gasteiger partial charge in [0.05, 0.1) is 17.6 Å². The van der Waals surface area contributed by atoms with Gasteiger partial charge in [0.1, 0.15) is 5.82 Å². The second-order valence-corrected chi connectivity index (χ2v) is 5.70. The second-order valence-electron chi connectivity index (χ2n) is 5.27. The van der Waals surface area contributed by atoms with E-state index < -0.39 is 0 Å². The van der Waals surface area contributed by atoms with Gasteiger partial charge >= 0.3 is 0 Å². The van der Waals surface area contributed by atoms with Crippen molar-refractivity contribution in [3.8, 4) is 0 Å². The summed E-state index contributed by atoms with van der Waals surface area (Å²) < 4.78 is 2.25. The van der Waals surface area contributed by atoms with Crippen LogP contribution < -0.4 is 5.32 Å². The number of benzene rings is 1. The number of nitrogens with one attached hydrogen (secondary N) is 1. The Hall–Kier alpha value is -1.06. The summed E-state index contributed by atoms with van der Waals surface area (Å²) in [6.07, 6.45) is 5.32. The van der Waals surface area contributed by atoms with Crippen molar-refractivity contribution in [1.29, 1.82) is 0 Å². The topological polar surface area (TPSA) is 29.9 Å². The van der Waals surface area contributed by atoms with E-state index in [2.05, 4.69) is 16.8 Å². The summed E-state index contributed by atoms with van der Waals surface area (Å²) in [5.41, 5.74) is 2.17. The molecule has 19 heavy (non-hydrogen) atoms. The number of hydrogen-bond acceptors (Lipinski definition) is 2. The number of aryl methyl sites for hydroxylation is 1. The predicted octanol–water partition coefficient (Wildman–Crippen LogP) is 3.74. The minimum atomic E-state index is 0.675. The molecule has 1 aromatic heterocycles. The Bertz CT molecular complexity index is 570. The third-order valence-corrected chi connectivity index (χ3v) is 4.24. The maximum absolute atomic E-state index is 6.08. The summed E-state index contributed by atoms with van der Waals surface area (Å²) in [5, 5.41) is 4.41. The fourth-order valence-corrected chi connectivity index (χ4v) is 3.17. The first kappa shape index (κ1) is 12.9. The SMILES string of the molecule is CCn1c(CNC2CCCC2)nc2ccc(Cl)cc21. The summed E-state index contributed by atoms with van der Waals surface area (Å²) in [4.78, 5) is 4.73. The number of fused-ring (bicyclic) bond motifs is 1. The third kappa shape index (κ3) is 2.63. The predicted molar refractivity (Wildman–Crippen MR) is 79.5 cm³/mol. The summed E-state index contributed by atoms with van der Waals surface area (Å²) >= 11 is 6.08. The smallest absolute Gasteiger partial charge is 0.123 e. The summed E-state index contributed by atoms with van der Waals surface area (Å²) in [7, 11) is 0. The minimum absolute atomic E-state index is 0.675. The van der Waals surface area contributed by atoms with Crippen LogP contribution in [0.15, 0.2) is 18.2 Å². The van der Waals surface area contributed by atoms with Crippen LogP contribution in [0.4, 0.5) is 0 Å². The summed E-state index contributed by atoms with van der Waals surface area (Å²) in [5.74, 6) is 1.12. The highest BCUT2D eigenvalue weighted by Crippen LogP contribution is 2.22. The minimum Gasteiger partial charge on any atom is -0.327 e. The van der Waals surface area contributed by atoms with E-state index in [1.807, 2.05) is 18.2 Å². The van der Waals surface area contributed by atoms with Gasteiger partial charge in [0.2, 0.25) is 0 Å². The lowest BCUT2D eigenvalue weighted by molar-refractivity contribution is 0.504.